The topological polar surface area (TPSA) is 70.2 Å². The molecule has 0 aromatic heterocycles. The molecule has 2 aromatic carbocycles. The normalized spacial score (nSPS) is 14.0. The minimum absolute atomic E-state index is 0.0356. The van der Waals surface area contributed by atoms with Gasteiger partial charge in [-0.05, 0) is 43.2 Å². The van der Waals surface area contributed by atoms with Crippen LogP contribution in [0.3, 0.4) is 0 Å². The SMILES string of the molecule is O=C(CCC(=O)NC1CCCC1)Nc1cccc(Nc2ccccc2)c1. The predicted octanol–water partition coefficient (Wildman–Crippen LogP) is 4.21. The van der Waals surface area contributed by atoms with Gasteiger partial charge in [-0.2, -0.15) is 0 Å². The maximum atomic E-state index is 12.1. The van der Waals surface area contributed by atoms with Crippen molar-refractivity contribution in [3.05, 3.63) is 54.6 Å². The maximum absolute atomic E-state index is 12.1. The van der Waals surface area contributed by atoms with Gasteiger partial charge in [-0.3, -0.25) is 9.59 Å². The van der Waals surface area contributed by atoms with Crippen molar-refractivity contribution in [2.24, 2.45) is 0 Å². The monoisotopic (exact) mass is 351 g/mol. The summed E-state index contributed by atoms with van der Waals surface area (Å²) in [7, 11) is 0. The summed E-state index contributed by atoms with van der Waals surface area (Å²) < 4.78 is 0. The van der Waals surface area contributed by atoms with Crippen molar-refractivity contribution in [2.75, 3.05) is 10.6 Å². The number of rotatable bonds is 7. The van der Waals surface area contributed by atoms with Gasteiger partial charge in [-0.15, -0.1) is 0 Å². The highest BCUT2D eigenvalue weighted by molar-refractivity contribution is 5.93. The highest BCUT2D eigenvalue weighted by Gasteiger charge is 2.17. The maximum Gasteiger partial charge on any atom is 0.224 e. The van der Waals surface area contributed by atoms with Gasteiger partial charge in [0.1, 0.15) is 0 Å². The second-order valence-corrected chi connectivity index (χ2v) is 6.67. The first-order chi connectivity index (χ1) is 12.7. The molecule has 0 unspecified atom stereocenters. The van der Waals surface area contributed by atoms with Crippen LogP contribution in [-0.2, 0) is 9.59 Å². The number of hydrogen-bond acceptors (Lipinski definition) is 3. The van der Waals surface area contributed by atoms with Gasteiger partial charge in [0.15, 0.2) is 0 Å². The van der Waals surface area contributed by atoms with Crippen LogP contribution in [0.5, 0.6) is 0 Å². The van der Waals surface area contributed by atoms with E-state index in [4.69, 9.17) is 0 Å². The molecule has 0 bridgehead atoms. The van der Waals surface area contributed by atoms with E-state index >= 15 is 0 Å². The summed E-state index contributed by atoms with van der Waals surface area (Å²) in [5.41, 5.74) is 2.60. The third-order valence-corrected chi connectivity index (χ3v) is 4.51. The lowest BCUT2D eigenvalue weighted by Gasteiger charge is -2.12. The van der Waals surface area contributed by atoms with E-state index in [1.807, 2.05) is 54.6 Å². The Morgan fingerprint density at radius 1 is 0.808 bits per heavy atom. The van der Waals surface area contributed by atoms with E-state index in [1.165, 1.54) is 12.8 Å². The number of anilines is 3. The van der Waals surface area contributed by atoms with E-state index in [1.54, 1.807) is 0 Å². The summed E-state index contributed by atoms with van der Waals surface area (Å²) in [5.74, 6) is -0.185. The van der Waals surface area contributed by atoms with Gasteiger partial charge in [0, 0.05) is 35.9 Å². The van der Waals surface area contributed by atoms with Gasteiger partial charge in [-0.25, -0.2) is 0 Å². The first-order valence-electron chi connectivity index (χ1n) is 9.20. The number of para-hydroxylation sites is 1. The van der Waals surface area contributed by atoms with Gasteiger partial charge < -0.3 is 16.0 Å². The molecule has 1 aliphatic rings. The largest absolute Gasteiger partial charge is 0.355 e. The summed E-state index contributed by atoms with van der Waals surface area (Å²) in [6, 6.07) is 17.7. The summed E-state index contributed by atoms with van der Waals surface area (Å²) in [6.45, 7) is 0. The Morgan fingerprint density at radius 2 is 1.46 bits per heavy atom. The summed E-state index contributed by atoms with van der Waals surface area (Å²) >= 11 is 0. The van der Waals surface area contributed by atoms with E-state index in [9.17, 15) is 9.59 Å². The zero-order chi connectivity index (χ0) is 18.2. The van der Waals surface area contributed by atoms with E-state index in [0.717, 1.165) is 24.2 Å². The van der Waals surface area contributed by atoms with Crippen molar-refractivity contribution in [3.63, 3.8) is 0 Å². The minimum Gasteiger partial charge on any atom is -0.355 e. The molecule has 0 spiro atoms. The van der Waals surface area contributed by atoms with Crippen LogP contribution < -0.4 is 16.0 Å². The van der Waals surface area contributed by atoms with Crippen LogP contribution in [0.25, 0.3) is 0 Å². The molecule has 5 heteroatoms. The van der Waals surface area contributed by atoms with Gasteiger partial charge >= 0.3 is 0 Å². The Hall–Kier alpha value is -2.82. The highest BCUT2D eigenvalue weighted by Crippen LogP contribution is 2.20. The standard InChI is InChI=1S/C21H25N3O2/c25-20(23-17-9-4-5-10-17)13-14-21(26)24-19-12-6-11-18(15-19)22-16-7-2-1-3-8-16/h1-3,6-8,11-12,15,17,22H,4-5,9-10,13-14H2,(H,23,25)(H,24,26). The lowest BCUT2D eigenvalue weighted by molar-refractivity contribution is -0.124. The minimum atomic E-state index is -0.150. The van der Waals surface area contributed by atoms with Crippen molar-refractivity contribution in [1.82, 2.24) is 5.32 Å². The van der Waals surface area contributed by atoms with E-state index < -0.39 is 0 Å². The fraction of sp³-hybridized carbons (Fsp3) is 0.333. The molecule has 2 amide bonds. The van der Waals surface area contributed by atoms with Crippen LogP contribution in [0.1, 0.15) is 38.5 Å². The van der Waals surface area contributed by atoms with Crippen molar-refractivity contribution < 1.29 is 9.59 Å². The van der Waals surface area contributed by atoms with Crippen LogP contribution in [0.15, 0.2) is 54.6 Å². The molecule has 1 saturated carbocycles. The molecule has 136 valence electrons. The third kappa shape index (κ3) is 5.62. The molecule has 1 aliphatic carbocycles. The molecule has 26 heavy (non-hydrogen) atoms. The zero-order valence-electron chi connectivity index (χ0n) is 14.8. The van der Waals surface area contributed by atoms with Crippen molar-refractivity contribution in [2.45, 2.75) is 44.6 Å². The molecule has 0 saturated heterocycles. The van der Waals surface area contributed by atoms with Gasteiger partial charge in [0.2, 0.25) is 11.8 Å². The summed E-state index contributed by atoms with van der Waals surface area (Å²) in [5, 5.41) is 9.16. The second-order valence-electron chi connectivity index (χ2n) is 6.67. The predicted molar refractivity (Wildman–Crippen MR) is 104 cm³/mol. The molecule has 2 aromatic rings. The number of carbonyl (C=O) groups excluding carboxylic acids is 2. The van der Waals surface area contributed by atoms with Crippen molar-refractivity contribution >= 4 is 28.9 Å². The lowest BCUT2D eigenvalue weighted by atomic mass is 10.2. The van der Waals surface area contributed by atoms with Gasteiger partial charge in [-0.1, -0.05) is 37.1 Å². The number of hydrogen-bond donors (Lipinski definition) is 3. The van der Waals surface area contributed by atoms with Crippen LogP contribution in [-0.4, -0.2) is 17.9 Å². The Bertz CT molecular complexity index is 740. The van der Waals surface area contributed by atoms with Gasteiger partial charge in [0.05, 0.1) is 0 Å². The molecular weight excluding hydrogens is 326 g/mol. The lowest BCUT2D eigenvalue weighted by Crippen LogP contribution is -2.33. The van der Waals surface area contributed by atoms with Crippen LogP contribution in [0.2, 0.25) is 0 Å². The van der Waals surface area contributed by atoms with Crippen LogP contribution in [0, 0.1) is 0 Å². The average Bonchev–Trinajstić information content (AvgIpc) is 3.14. The van der Waals surface area contributed by atoms with Crippen molar-refractivity contribution in [3.8, 4) is 0 Å². The fourth-order valence-corrected chi connectivity index (χ4v) is 3.18. The van der Waals surface area contributed by atoms with E-state index in [0.29, 0.717) is 11.7 Å². The van der Waals surface area contributed by atoms with Crippen LogP contribution >= 0.6 is 0 Å². The van der Waals surface area contributed by atoms with Crippen molar-refractivity contribution in [1.29, 1.82) is 0 Å². The smallest absolute Gasteiger partial charge is 0.224 e. The molecule has 0 heterocycles. The van der Waals surface area contributed by atoms with Gasteiger partial charge in [0.25, 0.3) is 0 Å². The highest BCUT2D eigenvalue weighted by atomic mass is 16.2. The number of carbonyl (C=O) groups is 2. The Morgan fingerprint density at radius 3 is 2.23 bits per heavy atom. The second kappa shape index (κ2) is 9.04. The quantitative estimate of drug-likeness (QED) is 0.700. The molecule has 0 aliphatic heterocycles. The van der Waals surface area contributed by atoms with E-state index in [-0.39, 0.29) is 24.7 Å². The first-order valence-corrected chi connectivity index (χ1v) is 9.20. The summed E-state index contributed by atoms with van der Waals surface area (Å²) in [6.07, 6.45) is 4.88. The zero-order valence-corrected chi connectivity index (χ0v) is 14.8. The van der Waals surface area contributed by atoms with Crippen LogP contribution in [0.4, 0.5) is 17.1 Å². The molecule has 3 rings (SSSR count). The number of nitrogens with one attached hydrogen (secondary N) is 3. The molecular formula is C21H25N3O2. The molecule has 0 radical (unpaired) electrons. The number of amides is 2. The third-order valence-electron chi connectivity index (χ3n) is 4.51. The Balaban J connectivity index is 1.46. The molecule has 3 N–H and O–H groups in total. The first kappa shape index (κ1) is 18.0. The Kier molecular flexibility index (Phi) is 6.25. The molecule has 1 fully saturated rings. The fourth-order valence-electron chi connectivity index (χ4n) is 3.18. The Labute approximate surface area is 154 Å². The molecule has 5 nitrogen and oxygen atoms in total. The van der Waals surface area contributed by atoms with E-state index in [2.05, 4.69) is 16.0 Å². The summed E-state index contributed by atoms with van der Waals surface area (Å²) in [4.78, 5) is 24.0. The molecule has 0 atom stereocenters. The number of benzene rings is 2. The average molecular weight is 351 g/mol.